The fraction of sp³-hybridized carbons (Fsp3) is 0.700. The average molecular weight is 440 g/mol. The first-order valence-electron chi connectivity index (χ1n) is 9.47. The summed E-state index contributed by atoms with van der Waals surface area (Å²) < 4.78 is 5.08. The van der Waals surface area contributed by atoms with E-state index in [9.17, 15) is 9.59 Å². The second kappa shape index (κ2) is 6.93. The van der Waals surface area contributed by atoms with Crippen molar-refractivity contribution in [3.8, 4) is 0 Å². The Kier molecular flexibility index (Phi) is 4.93. The second-order valence-electron chi connectivity index (χ2n) is 8.70. The summed E-state index contributed by atoms with van der Waals surface area (Å²) in [7, 11) is 1.39. The molecule has 0 saturated heterocycles. The van der Waals surface area contributed by atoms with E-state index < -0.39 is 0 Å². The second-order valence-corrected chi connectivity index (χ2v) is 11.4. The molecule has 0 radical (unpaired) electrons. The molecule has 1 aromatic rings. The van der Waals surface area contributed by atoms with Gasteiger partial charge in [-0.05, 0) is 67.2 Å². The standard InChI is InChI=1S/C20H26BrNO3S/c1-25-18(24)6-15(16-3-2-4-26-16)22-17(23)11-19-7-13-5-14(8-19)10-20(21,9-13)12-19/h2-4,13-15H,5-12H2,1H3,(H,22,23)/t13-,14-,15+,19?,20?/m1/s1. The summed E-state index contributed by atoms with van der Waals surface area (Å²) in [5.74, 6) is 1.32. The van der Waals surface area contributed by atoms with E-state index in [2.05, 4.69) is 21.2 Å². The average Bonchev–Trinajstić information content (AvgIpc) is 3.05. The summed E-state index contributed by atoms with van der Waals surface area (Å²) in [5, 5.41) is 5.10. The molecule has 1 heterocycles. The van der Waals surface area contributed by atoms with Crippen LogP contribution in [0.1, 0.15) is 62.3 Å². The van der Waals surface area contributed by atoms with E-state index in [1.165, 1.54) is 39.2 Å². The lowest BCUT2D eigenvalue weighted by atomic mass is 9.48. The SMILES string of the molecule is COC(=O)C[C@H](NC(=O)CC12C[C@H]3C[C@@H](CC(Br)(C3)C1)C2)c1cccs1. The number of hydrogen-bond acceptors (Lipinski definition) is 4. The van der Waals surface area contributed by atoms with Crippen LogP contribution in [0.25, 0.3) is 0 Å². The molecule has 26 heavy (non-hydrogen) atoms. The Morgan fingerprint density at radius 3 is 2.65 bits per heavy atom. The molecule has 1 N–H and O–H groups in total. The normalized spacial score (nSPS) is 35.9. The van der Waals surface area contributed by atoms with Gasteiger partial charge in [-0.2, -0.15) is 0 Å². The molecule has 5 rings (SSSR count). The van der Waals surface area contributed by atoms with Crippen molar-refractivity contribution in [1.82, 2.24) is 5.32 Å². The van der Waals surface area contributed by atoms with Gasteiger partial charge in [-0.3, -0.25) is 9.59 Å². The zero-order valence-corrected chi connectivity index (χ0v) is 17.5. The van der Waals surface area contributed by atoms with E-state index in [1.807, 2.05) is 17.5 Å². The number of halogens is 1. The van der Waals surface area contributed by atoms with Crippen molar-refractivity contribution < 1.29 is 14.3 Å². The molecule has 4 aliphatic rings. The third-order valence-electron chi connectivity index (χ3n) is 6.47. The van der Waals surface area contributed by atoms with E-state index in [-0.39, 0.29) is 34.1 Å². The van der Waals surface area contributed by atoms with Crippen LogP contribution in [0.5, 0.6) is 0 Å². The van der Waals surface area contributed by atoms with Crippen LogP contribution in [0, 0.1) is 17.3 Å². The molecule has 0 aromatic carbocycles. The maximum absolute atomic E-state index is 12.9. The minimum absolute atomic E-state index is 0.0744. The van der Waals surface area contributed by atoms with E-state index in [1.54, 1.807) is 11.3 Å². The van der Waals surface area contributed by atoms with Gasteiger partial charge in [0.25, 0.3) is 0 Å². The molecule has 0 aliphatic heterocycles. The van der Waals surface area contributed by atoms with Crippen LogP contribution in [0.15, 0.2) is 17.5 Å². The van der Waals surface area contributed by atoms with Crippen molar-refractivity contribution in [2.45, 2.75) is 61.7 Å². The maximum atomic E-state index is 12.9. The smallest absolute Gasteiger partial charge is 0.307 e. The van der Waals surface area contributed by atoms with Crippen molar-refractivity contribution in [3.63, 3.8) is 0 Å². The van der Waals surface area contributed by atoms with Gasteiger partial charge in [0.05, 0.1) is 19.6 Å². The van der Waals surface area contributed by atoms with Crippen LogP contribution in [-0.4, -0.2) is 23.3 Å². The number of hydrogen-bond donors (Lipinski definition) is 1. The highest BCUT2D eigenvalue weighted by atomic mass is 79.9. The van der Waals surface area contributed by atoms with Gasteiger partial charge in [0.15, 0.2) is 0 Å². The summed E-state index contributed by atoms with van der Waals surface area (Å²) in [6.45, 7) is 0. The summed E-state index contributed by atoms with van der Waals surface area (Å²) in [6, 6.07) is 3.63. The summed E-state index contributed by atoms with van der Waals surface area (Å²) in [4.78, 5) is 25.7. The minimum atomic E-state index is -0.294. The molecular weight excluding hydrogens is 414 g/mol. The van der Waals surface area contributed by atoms with Crippen molar-refractivity contribution in [3.05, 3.63) is 22.4 Å². The number of amides is 1. The third-order valence-corrected chi connectivity index (χ3v) is 8.38. The number of ether oxygens (including phenoxy) is 1. The molecule has 4 fully saturated rings. The van der Waals surface area contributed by atoms with Gasteiger partial charge in [0, 0.05) is 15.6 Å². The number of carbonyl (C=O) groups is 2. The first-order valence-corrected chi connectivity index (χ1v) is 11.1. The lowest BCUT2D eigenvalue weighted by Gasteiger charge is -2.60. The van der Waals surface area contributed by atoms with Gasteiger partial charge in [-0.1, -0.05) is 22.0 Å². The Balaban J connectivity index is 1.45. The topological polar surface area (TPSA) is 55.4 Å². The largest absolute Gasteiger partial charge is 0.469 e. The molecule has 6 heteroatoms. The van der Waals surface area contributed by atoms with Crippen molar-refractivity contribution in [2.24, 2.45) is 17.3 Å². The van der Waals surface area contributed by atoms with Gasteiger partial charge >= 0.3 is 5.97 Å². The van der Waals surface area contributed by atoms with Crippen molar-refractivity contribution in [1.29, 1.82) is 0 Å². The highest BCUT2D eigenvalue weighted by Gasteiger charge is 2.57. The Morgan fingerprint density at radius 1 is 1.35 bits per heavy atom. The van der Waals surface area contributed by atoms with Gasteiger partial charge < -0.3 is 10.1 Å². The third kappa shape index (κ3) is 3.72. The predicted molar refractivity (Wildman–Crippen MR) is 105 cm³/mol. The maximum Gasteiger partial charge on any atom is 0.307 e. The Hall–Kier alpha value is -0.880. The van der Waals surface area contributed by atoms with E-state index in [0.29, 0.717) is 6.42 Å². The predicted octanol–water partition coefficient (Wildman–Crippen LogP) is 4.59. The molecule has 4 saturated carbocycles. The monoisotopic (exact) mass is 439 g/mol. The van der Waals surface area contributed by atoms with Crippen LogP contribution >= 0.6 is 27.3 Å². The highest BCUT2D eigenvalue weighted by molar-refractivity contribution is 9.10. The van der Waals surface area contributed by atoms with Crippen molar-refractivity contribution >= 4 is 39.1 Å². The molecule has 0 unspecified atom stereocenters. The molecular formula is C20H26BrNO3S. The Bertz CT molecular complexity index is 675. The number of esters is 1. The molecule has 4 aliphatic carbocycles. The first-order chi connectivity index (χ1) is 12.4. The molecule has 1 amide bonds. The minimum Gasteiger partial charge on any atom is -0.469 e. The summed E-state index contributed by atoms with van der Waals surface area (Å²) in [5.41, 5.74) is 0.142. The number of thiophene rings is 1. The zero-order valence-electron chi connectivity index (χ0n) is 15.1. The Morgan fingerprint density at radius 2 is 2.08 bits per heavy atom. The quantitative estimate of drug-likeness (QED) is 0.520. The zero-order chi connectivity index (χ0) is 18.4. The molecule has 1 aromatic heterocycles. The fourth-order valence-electron chi connectivity index (χ4n) is 6.09. The van der Waals surface area contributed by atoms with Crippen molar-refractivity contribution in [2.75, 3.05) is 7.11 Å². The van der Waals surface area contributed by atoms with Crippen LogP contribution in [-0.2, 0) is 14.3 Å². The highest BCUT2D eigenvalue weighted by Crippen LogP contribution is 2.65. The molecule has 3 atom stereocenters. The molecule has 0 spiro atoms. The van der Waals surface area contributed by atoms with Crippen LogP contribution in [0.2, 0.25) is 0 Å². The number of rotatable bonds is 6. The number of carbonyl (C=O) groups excluding carboxylic acids is 2. The lowest BCUT2D eigenvalue weighted by molar-refractivity contribution is -0.141. The Labute approximate surface area is 167 Å². The number of alkyl halides is 1. The van der Waals surface area contributed by atoms with E-state index in [4.69, 9.17) is 4.74 Å². The van der Waals surface area contributed by atoms with Crippen LogP contribution in [0.3, 0.4) is 0 Å². The summed E-state index contributed by atoms with van der Waals surface area (Å²) in [6.07, 6.45) is 8.13. The van der Waals surface area contributed by atoms with Gasteiger partial charge in [0.2, 0.25) is 5.91 Å². The molecule has 4 nitrogen and oxygen atoms in total. The van der Waals surface area contributed by atoms with Crippen LogP contribution in [0.4, 0.5) is 0 Å². The van der Waals surface area contributed by atoms with E-state index in [0.717, 1.165) is 23.1 Å². The number of methoxy groups -OCH3 is 1. The van der Waals surface area contributed by atoms with Gasteiger partial charge in [-0.15, -0.1) is 11.3 Å². The molecule has 142 valence electrons. The molecule has 4 bridgehead atoms. The van der Waals surface area contributed by atoms with Crippen LogP contribution < -0.4 is 5.32 Å². The van der Waals surface area contributed by atoms with E-state index >= 15 is 0 Å². The first kappa shape index (κ1) is 18.5. The number of nitrogens with one attached hydrogen (secondary N) is 1. The summed E-state index contributed by atoms with van der Waals surface area (Å²) >= 11 is 5.58. The van der Waals surface area contributed by atoms with Gasteiger partial charge in [-0.25, -0.2) is 0 Å². The fourth-order valence-corrected chi connectivity index (χ4v) is 8.38. The lowest BCUT2D eigenvalue weighted by Crippen LogP contribution is -2.54. The van der Waals surface area contributed by atoms with Gasteiger partial charge in [0.1, 0.15) is 0 Å².